The van der Waals surface area contributed by atoms with E-state index in [9.17, 15) is 4.79 Å². The number of ether oxygens (including phenoxy) is 1. The van der Waals surface area contributed by atoms with Crippen molar-refractivity contribution in [3.8, 4) is 5.75 Å². The molecule has 0 bridgehead atoms. The fraction of sp³-hybridized carbons (Fsp3) is 0.250. The highest BCUT2D eigenvalue weighted by atomic mass is 16.5. The minimum absolute atomic E-state index is 0.128. The molecule has 0 saturated heterocycles. The minimum Gasteiger partial charge on any atom is -0.496 e. The van der Waals surface area contributed by atoms with Crippen LogP contribution in [-0.4, -0.2) is 23.5 Å². The highest BCUT2D eigenvalue weighted by Crippen LogP contribution is 2.23. The summed E-state index contributed by atoms with van der Waals surface area (Å²) in [6.45, 7) is 4.06. The van der Waals surface area contributed by atoms with Crippen molar-refractivity contribution >= 4 is 16.8 Å². The average molecular weight is 322 g/mol. The molecule has 0 atom stereocenters. The molecule has 0 aliphatic rings. The standard InChI is InChI=1S/C20H22N2O2/c1-20(2,12-14-13-21-17-10-6-4-8-15(14)17)22-19(23)16-9-5-7-11-18(16)24-3/h4-11,13,21H,12H2,1-3H3,(H,22,23). The van der Waals surface area contributed by atoms with E-state index >= 15 is 0 Å². The zero-order valence-corrected chi connectivity index (χ0v) is 14.2. The van der Waals surface area contributed by atoms with E-state index in [0.29, 0.717) is 11.3 Å². The Morgan fingerprint density at radius 2 is 1.83 bits per heavy atom. The molecule has 0 saturated carbocycles. The predicted octanol–water partition coefficient (Wildman–Crippen LogP) is 3.93. The van der Waals surface area contributed by atoms with Crippen molar-refractivity contribution in [1.82, 2.24) is 10.3 Å². The third-order valence-electron chi connectivity index (χ3n) is 4.11. The first kappa shape index (κ1) is 16.1. The van der Waals surface area contributed by atoms with Crippen molar-refractivity contribution in [1.29, 1.82) is 0 Å². The molecule has 24 heavy (non-hydrogen) atoms. The van der Waals surface area contributed by atoms with Gasteiger partial charge in [-0.25, -0.2) is 0 Å². The lowest BCUT2D eigenvalue weighted by atomic mass is 9.94. The number of carbonyl (C=O) groups excluding carboxylic acids is 1. The van der Waals surface area contributed by atoms with Gasteiger partial charge in [0.15, 0.2) is 0 Å². The quantitative estimate of drug-likeness (QED) is 0.748. The lowest BCUT2D eigenvalue weighted by Gasteiger charge is -2.26. The summed E-state index contributed by atoms with van der Waals surface area (Å²) in [4.78, 5) is 15.9. The normalized spacial score (nSPS) is 11.5. The number of carbonyl (C=O) groups is 1. The number of aromatic amines is 1. The molecule has 4 heteroatoms. The molecule has 1 aromatic heterocycles. The van der Waals surface area contributed by atoms with Gasteiger partial charge in [-0.1, -0.05) is 30.3 Å². The molecule has 2 aromatic carbocycles. The first-order valence-electron chi connectivity index (χ1n) is 8.01. The van der Waals surface area contributed by atoms with Crippen molar-refractivity contribution in [2.45, 2.75) is 25.8 Å². The van der Waals surface area contributed by atoms with Crippen molar-refractivity contribution in [3.63, 3.8) is 0 Å². The summed E-state index contributed by atoms with van der Waals surface area (Å²) >= 11 is 0. The summed E-state index contributed by atoms with van der Waals surface area (Å²) in [6.07, 6.45) is 2.75. The highest BCUT2D eigenvalue weighted by Gasteiger charge is 2.24. The zero-order chi connectivity index (χ0) is 17.2. The van der Waals surface area contributed by atoms with Gasteiger partial charge in [-0.15, -0.1) is 0 Å². The third-order valence-corrected chi connectivity index (χ3v) is 4.11. The Hall–Kier alpha value is -2.75. The van der Waals surface area contributed by atoms with Crippen LogP contribution in [0.5, 0.6) is 5.75 Å². The Kier molecular flexibility index (Phi) is 4.30. The number of nitrogens with one attached hydrogen (secondary N) is 2. The maximum absolute atomic E-state index is 12.6. The van der Waals surface area contributed by atoms with Gasteiger partial charge in [0.2, 0.25) is 0 Å². The number of H-pyrrole nitrogens is 1. The number of aromatic nitrogens is 1. The number of fused-ring (bicyclic) bond motifs is 1. The minimum atomic E-state index is -0.386. The van der Waals surface area contributed by atoms with E-state index in [0.717, 1.165) is 11.9 Å². The molecule has 2 N–H and O–H groups in total. The van der Waals surface area contributed by atoms with Crippen LogP contribution >= 0.6 is 0 Å². The topological polar surface area (TPSA) is 54.1 Å². The second kappa shape index (κ2) is 6.40. The highest BCUT2D eigenvalue weighted by molar-refractivity contribution is 5.97. The van der Waals surface area contributed by atoms with Crippen LogP contribution in [0.2, 0.25) is 0 Å². The number of rotatable bonds is 5. The van der Waals surface area contributed by atoms with Crippen LogP contribution in [0.1, 0.15) is 29.8 Å². The van der Waals surface area contributed by atoms with Gasteiger partial charge in [-0.3, -0.25) is 4.79 Å². The summed E-state index contributed by atoms with van der Waals surface area (Å²) in [6, 6.07) is 15.4. The maximum Gasteiger partial charge on any atom is 0.255 e. The van der Waals surface area contributed by atoms with E-state index in [1.807, 2.05) is 44.3 Å². The Bertz CT molecular complexity index is 865. The first-order chi connectivity index (χ1) is 11.5. The van der Waals surface area contributed by atoms with Gasteiger partial charge < -0.3 is 15.0 Å². The number of hydrogen-bond acceptors (Lipinski definition) is 2. The Morgan fingerprint density at radius 3 is 2.62 bits per heavy atom. The molecule has 1 heterocycles. The smallest absolute Gasteiger partial charge is 0.255 e. The van der Waals surface area contributed by atoms with Crippen LogP contribution in [0, 0.1) is 0 Å². The fourth-order valence-corrected chi connectivity index (χ4v) is 3.01. The lowest BCUT2D eigenvalue weighted by molar-refractivity contribution is 0.0910. The molecule has 4 nitrogen and oxygen atoms in total. The molecule has 124 valence electrons. The monoisotopic (exact) mass is 322 g/mol. The summed E-state index contributed by atoms with van der Waals surface area (Å²) in [5.41, 5.74) is 2.46. The average Bonchev–Trinajstić information content (AvgIpc) is 2.97. The van der Waals surface area contributed by atoms with Crippen LogP contribution in [0.15, 0.2) is 54.7 Å². The van der Waals surface area contributed by atoms with Crippen LogP contribution < -0.4 is 10.1 Å². The number of methoxy groups -OCH3 is 1. The summed E-state index contributed by atoms with van der Waals surface area (Å²) in [5.74, 6) is 0.454. The van der Waals surface area contributed by atoms with Gasteiger partial charge in [0.1, 0.15) is 5.75 Å². The molecule has 0 aliphatic carbocycles. The molecule has 0 radical (unpaired) electrons. The zero-order valence-electron chi connectivity index (χ0n) is 14.2. The van der Waals surface area contributed by atoms with Gasteiger partial charge >= 0.3 is 0 Å². The Balaban J connectivity index is 1.79. The second-order valence-electron chi connectivity index (χ2n) is 6.57. The van der Waals surface area contributed by atoms with Gasteiger partial charge in [0, 0.05) is 22.6 Å². The number of benzene rings is 2. The molecular formula is C20H22N2O2. The number of para-hydroxylation sites is 2. The summed E-state index contributed by atoms with van der Waals surface area (Å²) in [7, 11) is 1.57. The van der Waals surface area contributed by atoms with E-state index in [1.165, 1.54) is 10.9 Å². The summed E-state index contributed by atoms with van der Waals surface area (Å²) < 4.78 is 5.28. The van der Waals surface area contributed by atoms with Crippen molar-refractivity contribution in [3.05, 3.63) is 65.9 Å². The van der Waals surface area contributed by atoms with Gasteiger partial charge in [0.05, 0.1) is 12.7 Å². The lowest BCUT2D eigenvalue weighted by Crippen LogP contribution is -2.45. The fourth-order valence-electron chi connectivity index (χ4n) is 3.01. The van der Waals surface area contributed by atoms with Crippen LogP contribution in [-0.2, 0) is 6.42 Å². The Labute approximate surface area is 141 Å². The second-order valence-corrected chi connectivity index (χ2v) is 6.57. The molecule has 3 aromatic rings. The number of amides is 1. The molecular weight excluding hydrogens is 300 g/mol. The van der Waals surface area contributed by atoms with E-state index in [1.54, 1.807) is 19.2 Å². The van der Waals surface area contributed by atoms with E-state index in [4.69, 9.17) is 4.74 Å². The van der Waals surface area contributed by atoms with Crippen molar-refractivity contribution in [2.24, 2.45) is 0 Å². The third kappa shape index (κ3) is 3.27. The predicted molar refractivity (Wildman–Crippen MR) is 96.5 cm³/mol. The van der Waals surface area contributed by atoms with Gasteiger partial charge in [-0.05, 0) is 44.0 Å². The van der Waals surface area contributed by atoms with Crippen LogP contribution in [0.4, 0.5) is 0 Å². The summed E-state index contributed by atoms with van der Waals surface area (Å²) in [5, 5.41) is 4.31. The van der Waals surface area contributed by atoms with Crippen molar-refractivity contribution < 1.29 is 9.53 Å². The molecule has 0 spiro atoms. The molecule has 0 unspecified atom stereocenters. The van der Waals surface area contributed by atoms with Gasteiger partial charge in [-0.2, -0.15) is 0 Å². The van der Waals surface area contributed by atoms with E-state index in [2.05, 4.69) is 22.4 Å². The Morgan fingerprint density at radius 1 is 1.12 bits per heavy atom. The molecule has 0 aliphatic heterocycles. The molecule has 1 amide bonds. The first-order valence-corrected chi connectivity index (χ1v) is 8.01. The van der Waals surface area contributed by atoms with E-state index < -0.39 is 0 Å². The van der Waals surface area contributed by atoms with Crippen LogP contribution in [0.3, 0.4) is 0 Å². The largest absolute Gasteiger partial charge is 0.496 e. The van der Waals surface area contributed by atoms with Gasteiger partial charge in [0.25, 0.3) is 5.91 Å². The SMILES string of the molecule is COc1ccccc1C(=O)NC(C)(C)Cc1c[nH]c2ccccc12. The van der Waals surface area contributed by atoms with Crippen LogP contribution in [0.25, 0.3) is 10.9 Å². The molecule has 0 fully saturated rings. The maximum atomic E-state index is 12.6. The number of hydrogen-bond donors (Lipinski definition) is 2. The van der Waals surface area contributed by atoms with Crippen molar-refractivity contribution in [2.75, 3.05) is 7.11 Å². The van der Waals surface area contributed by atoms with E-state index in [-0.39, 0.29) is 11.4 Å². The molecule has 3 rings (SSSR count).